The van der Waals surface area contributed by atoms with Gasteiger partial charge in [-0.3, -0.25) is 14.3 Å². The molecule has 3 rings (SSSR count). The summed E-state index contributed by atoms with van der Waals surface area (Å²) in [6.45, 7) is 0.664. The van der Waals surface area contributed by atoms with E-state index in [-0.39, 0.29) is 22.7 Å². The third kappa shape index (κ3) is 5.36. The zero-order chi connectivity index (χ0) is 22.6. The first-order valence-corrected chi connectivity index (χ1v) is 10.9. The SMILES string of the molecule is CNSC1(CO/C(N)=c2/c(=C\N)cc(C(=O)NCc3ccc(Cl)cc3)c(=O)n2C)CC1. The zero-order valence-corrected chi connectivity index (χ0v) is 19.0. The maximum Gasteiger partial charge on any atom is 0.263 e. The maximum atomic E-state index is 12.9. The molecule has 0 saturated heterocycles. The van der Waals surface area contributed by atoms with Gasteiger partial charge in [0, 0.05) is 30.0 Å². The molecular weight excluding hydrogens is 438 g/mol. The molecular formula is C21H26ClN5O3S. The summed E-state index contributed by atoms with van der Waals surface area (Å²) in [4.78, 5) is 25.5. The molecule has 1 aliphatic carbocycles. The minimum Gasteiger partial charge on any atom is -0.476 e. The monoisotopic (exact) mass is 463 g/mol. The zero-order valence-electron chi connectivity index (χ0n) is 17.4. The van der Waals surface area contributed by atoms with Gasteiger partial charge in [-0.05, 0) is 43.7 Å². The molecule has 1 aromatic heterocycles. The number of amides is 1. The first-order valence-electron chi connectivity index (χ1n) is 9.72. The summed E-state index contributed by atoms with van der Waals surface area (Å²) < 4.78 is 10.1. The van der Waals surface area contributed by atoms with E-state index in [9.17, 15) is 9.59 Å². The van der Waals surface area contributed by atoms with Crippen LogP contribution < -0.4 is 37.6 Å². The van der Waals surface area contributed by atoms with E-state index in [1.54, 1.807) is 36.2 Å². The number of hydrogen-bond acceptors (Lipinski definition) is 7. The third-order valence-electron chi connectivity index (χ3n) is 5.08. The number of aromatic nitrogens is 1. The van der Waals surface area contributed by atoms with Crippen LogP contribution in [0.25, 0.3) is 12.1 Å². The standard InChI is InChI=1S/C21H26ClN5O3S/c1-25-31-21(7-8-21)12-30-18(24)17-14(10-23)9-16(20(29)27(17)2)19(28)26-11-13-3-5-15(22)6-4-13/h3-6,9-10,25H,7-8,11-12,23-24H2,1-2H3,(H,26,28)/b14-10-,18-17-. The lowest BCUT2D eigenvalue weighted by molar-refractivity contribution is 0.0948. The summed E-state index contributed by atoms with van der Waals surface area (Å²) in [5.74, 6) is -0.417. The van der Waals surface area contributed by atoms with Crippen LogP contribution in [0.1, 0.15) is 28.8 Å². The second-order valence-electron chi connectivity index (χ2n) is 7.34. The van der Waals surface area contributed by atoms with Gasteiger partial charge >= 0.3 is 0 Å². The van der Waals surface area contributed by atoms with Crippen molar-refractivity contribution in [2.24, 2.45) is 18.5 Å². The molecule has 10 heteroatoms. The Morgan fingerprint density at radius 1 is 1.35 bits per heavy atom. The quantitative estimate of drug-likeness (QED) is 0.409. The fourth-order valence-electron chi connectivity index (χ4n) is 3.15. The van der Waals surface area contributed by atoms with Gasteiger partial charge in [0.15, 0.2) is 0 Å². The minimum atomic E-state index is -0.507. The van der Waals surface area contributed by atoms with Crippen LogP contribution in [0.3, 0.4) is 0 Å². The molecule has 2 aromatic rings. The average Bonchev–Trinajstić information content (AvgIpc) is 3.53. The van der Waals surface area contributed by atoms with Crippen molar-refractivity contribution in [1.29, 1.82) is 0 Å². The van der Waals surface area contributed by atoms with E-state index in [0.717, 1.165) is 18.4 Å². The molecule has 0 atom stereocenters. The van der Waals surface area contributed by atoms with E-state index in [1.165, 1.54) is 23.9 Å². The first-order chi connectivity index (χ1) is 14.8. The molecule has 1 amide bonds. The lowest BCUT2D eigenvalue weighted by atomic mass is 10.2. The molecule has 1 aromatic carbocycles. The molecule has 1 fully saturated rings. The van der Waals surface area contributed by atoms with Crippen LogP contribution in [0.15, 0.2) is 35.1 Å². The van der Waals surface area contributed by atoms with Crippen molar-refractivity contribution in [1.82, 2.24) is 14.6 Å². The number of nitrogens with one attached hydrogen (secondary N) is 2. The van der Waals surface area contributed by atoms with E-state index < -0.39 is 11.5 Å². The highest BCUT2D eigenvalue weighted by atomic mass is 35.5. The molecule has 0 bridgehead atoms. The highest BCUT2D eigenvalue weighted by Gasteiger charge is 2.44. The molecule has 6 N–H and O–H groups in total. The predicted molar refractivity (Wildman–Crippen MR) is 124 cm³/mol. The van der Waals surface area contributed by atoms with E-state index in [2.05, 4.69) is 10.0 Å². The topological polar surface area (TPSA) is 124 Å². The van der Waals surface area contributed by atoms with Crippen LogP contribution in [0, 0.1) is 0 Å². The third-order valence-corrected chi connectivity index (χ3v) is 6.50. The summed E-state index contributed by atoms with van der Waals surface area (Å²) >= 11 is 7.48. The number of nitrogens with zero attached hydrogens (tertiary/aromatic N) is 1. The highest BCUT2D eigenvalue weighted by Crippen LogP contribution is 2.47. The lowest BCUT2D eigenvalue weighted by Crippen LogP contribution is -2.48. The number of halogens is 1. The van der Waals surface area contributed by atoms with E-state index in [1.807, 2.05) is 7.05 Å². The Morgan fingerprint density at radius 2 is 2.03 bits per heavy atom. The molecule has 8 nitrogen and oxygen atoms in total. The number of carbonyl (C=O) groups excluding carboxylic acids is 1. The molecule has 0 spiro atoms. The van der Waals surface area contributed by atoms with Crippen molar-refractivity contribution >= 4 is 41.5 Å². The van der Waals surface area contributed by atoms with Gasteiger partial charge in [-0.1, -0.05) is 35.7 Å². The van der Waals surface area contributed by atoms with Crippen molar-refractivity contribution < 1.29 is 9.53 Å². The van der Waals surface area contributed by atoms with Gasteiger partial charge in [0.1, 0.15) is 17.5 Å². The summed E-state index contributed by atoms with van der Waals surface area (Å²) in [5.41, 5.74) is 12.3. The van der Waals surface area contributed by atoms with Crippen LogP contribution in [0.2, 0.25) is 5.02 Å². The molecule has 31 heavy (non-hydrogen) atoms. The van der Waals surface area contributed by atoms with Crippen LogP contribution >= 0.6 is 23.5 Å². The van der Waals surface area contributed by atoms with Gasteiger partial charge < -0.3 is 26.1 Å². The summed E-state index contributed by atoms with van der Waals surface area (Å²) in [6.07, 6.45) is 3.34. The van der Waals surface area contributed by atoms with Gasteiger partial charge in [0.25, 0.3) is 11.5 Å². The number of nitrogens with two attached hydrogens (primary N) is 2. The Hall–Kier alpha value is -2.62. The van der Waals surface area contributed by atoms with Crippen molar-refractivity contribution in [2.75, 3.05) is 13.7 Å². The normalized spacial score (nSPS) is 16.0. The van der Waals surface area contributed by atoms with Gasteiger partial charge in [0.05, 0.1) is 4.75 Å². The Kier molecular flexibility index (Phi) is 7.19. The average molecular weight is 464 g/mol. The van der Waals surface area contributed by atoms with E-state index in [0.29, 0.717) is 22.2 Å². The van der Waals surface area contributed by atoms with Crippen molar-refractivity contribution in [2.45, 2.75) is 24.1 Å². The summed E-state index contributed by atoms with van der Waals surface area (Å²) in [5, 5.41) is 4.12. The van der Waals surface area contributed by atoms with Crippen LogP contribution in [0.5, 0.6) is 0 Å². The van der Waals surface area contributed by atoms with E-state index >= 15 is 0 Å². The lowest BCUT2D eigenvalue weighted by Gasteiger charge is -2.16. The largest absolute Gasteiger partial charge is 0.476 e. The molecule has 166 valence electrons. The fourth-order valence-corrected chi connectivity index (χ4v) is 4.13. The van der Waals surface area contributed by atoms with Gasteiger partial charge in [-0.25, -0.2) is 0 Å². The Morgan fingerprint density at radius 3 is 2.61 bits per heavy atom. The van der Waals surface area contributed by atoms with E-state index in [4.69, 9.17) is 27.8 Å². The molecule has 0 unspecified atom stereocenters. The second kappa shape index (κ2) is 9.67. The molecule has 1 heterocycles. The van der Waals surface area contributed by atoms with Crippen molar-refractivity contribution in [3.05, 3.63) is 67.4 Å². The Labute approximate surface area is 189 Å². The van der Waals surface area contributed by atoms with Gasteiger partial charge in [-0.2, -0.15) is 0 Å². The number of carbonyl (C=O) groups is 1. The highest BCUT2D eigenvalue weighted by molar-refractivity contribution is 7.99. The molecule has 1 saturated carbocycles. The summed E-state index contributed by atoms with van der Waals surface area (Å²) in [7, 11) is 3.39. The fraction of sp³-hybridized carbons (Fsp3) is 0.333. The number of rotatable bonds is 8. The number of benzene rings is 1. The molecule has 1 aliphatic rings. The molecule has 0 aliphatic heterocycles. The second-order valence-corrected chi connectivity index (χ2v) is 9.26. The Balaban J connectivity index is 1.85. The van der Waals surface area contributed by atoms with Crippen LogP contribution in [-0.4, -0.2) is 28.9 Å². The molecule has 0 radical (unpaired) electrons. The summed E-state index contributed by atoms with van der Waals surface area (Å²) in [6, 6.07) is 8.50. The Bertz CT molecular complexity index is 1140. The maximum absolute atomic E-state index is 12.9. The van der Waals surface area contributed by atoms with Crippen LogP contribution in [0.4, 0.5) is 0 Å². The number of ether oxygens (including phenoxy) is 1. The number of pyridine rings is 1. The van der Waals surface area contributed by atoms with Crippen LogP contribution in [-0.2, 0) is 18.3 Å². The minimum absolute atomic E-state index is 0.00762. The van der Waals surface area contributed by atoms with Crippen molar-refractivity contribution in [3.8, 4) is 0 Å². The first kappa shape index (κ1) is 23.1. The van der Waals surface area contributed by atoms with Gasteiger partial charge in [0.2, 0.25) is 5.88 Å². The van der Waals surface area contributed by atoms with Gasteiger partial charge in [-0.15, -0.1) is 0 Å². The predicted octanol–water partition coefficient (Wildman–Crippen LogP) is 0.107. The van der Waals surface area contributed by atoms with Crippen molar-refractivity contribution in [3.63, 3.8) is 0 Å². The number of hydrogen-bond donors (Lipinski definition) is 4. The smallest absolute Gasteiger partial charge is 0.263 e.